The number of nitrogens with zero attached hydrogens (tertiary/aromatic N) is 5. The van der Waals surface area contributed by atoms with Gasteiger partial charge in [0.15, 0.2) is 0 Å². The summed E-state index contributed by atoms with van der Waals surface area (Å²) in [4.78, 5) is 5.65. The Bertz CT molecular complexity index is 738. The van der Waals surface area contributed by atoms with Crippen LogP contribution in [0.2, 0.25) is 0 Å². The van der Waals surface area contributed by atoms with Crippen LogP contribution >= 0.6 is 0 Å². The van der Waals surface area contributed by atoms with Crippen molar-refractivity contribution in [3.63, 3.8) is 0 Å². The van der Waals surface area contributed by atoms with Crippen molar-refractivity contribution in [3.8, 4) is 5.75 Å². The summed E-state index contributed by atoms with van der Waals surface area (Å²) in [7, 11) is 1.95. The number of likely N-dealkylation sites (tertiary alicyclic amines) is 1. The van der Waals surface area contributed by atoms with Gasteiger partial charge in [0, 0.05) is 19.3 Å². The summed E-state index contributed by atoms with van der Waals surface area (Å²) >= 11 is 0. The molecule has 1 saturated heterocycles. The second-order valence-corrected chi connectivity index (χ2v) is 6.63. The molecule has 1 aliphatic rings. The van der Waals surface area contributed by atoms with Crippen LogP contribution in [0.25, 0.3) is 0 Å². The molecule has 9 heteroatoms. The minimum Gasteiger partial charge on any atom is -0.493 e. The fourth-order valence-corrected chi connectivity index (χ4v) is 2.97. The van der Waals surface area contributed by atoms with E-state index in [0.717, 1.165) is 56.4 Å². The standard InChI is InChI=1S/C17H22F3N5O/c1-12-22-23-16(24(12)2)10-25-7-4-13(5-8-25)11-26-14-3-6-21-15(9-14)17(18,19)20/h3,6,9,13H,4-5,7-8,10-11H2,1-2H3. The van der Waals surface area contributed by atoms with E-state index in [9.17, 15) is 13.2 Å². The van der Waals surface area contributed by atoms with E-state index < -0.39 is 11.9 Å². The molecule has 0 saturated carbocycles. The van der Waals surface area contributed by atoms with Crippen LogP contribution in [0.15, 0.2) is 18.3 Å². The summed E-state index contributed by atoms with van der Waals surface area (Å²) < 4.78 is 45.6. The summed E-state index contributed by atoms with van der Waals surface area (Å²) in [6, 6.07) is 2.41. The Balaban J connectivity index is 1.46. The first-order valence-electron chi connectivity index (χ1n) is 8.56. The molecule has 0 aromatic carbocycles. The highest BCUT2D eigenvalue weighted by molar-refractivity contribution is 5.24. The summed E-state index contributed by atoms with van der Waals surface area (Å²) in [5, 5.41) is 8.25. The smallest absolute Gasteiger partial charge is 0.433 e. The highest BCUT2D eigenvalue weighted by Crippen LogP contribution is 2.30. The van der Waals surface area contributed by atoms with Crippen molar-refractivity contribution in [2.24, 2.45) is 13.0 Å². The lowest BCUT2D eigenvalue weighted by Gasteiger charge is -2.31. The van der Waals surface area contributed by atoms with E-state index in [1.807, 2.05) is 18.5 Å². The molecule has 1 aliphatic heterocycles. The normalized spacial score (nSPS) is 16.8. The third kappa shape index (κ3) is 4.51. The van der Waals surface area contributed by atoms with Crippen molar-refractivity contribution >= 4 is 0 Å². The summed E-state index contributed by atoms with van der Waals surface area (Å²) in [5.74, 6) is 2.37. The van der Waals surface area contributed by atoms with Crippen LogP contribution in [0.1, 0.15) is 30.2 Å². The van der Waals surface area contributed by atoms with Crippen molar-refractivity contribution < 1.29 is 17.9 Å². The van der Waals surface area contributed by atoms with Gasteiger partial charge in [-0.05, 0) is 44.8 Å². The topological polar surface area (TPSA) is 56.1 Å². The highest BCUT2D eigenvalue weighted by Gasteiger charge is 2.32. The molecular formula is C17H22F3N5O. The highest BCUT2D eigenvalue weighted by atomic mass is 19.4. The largest absolute Gasteiger partial charge is 0.493 e. The van der Waals surface area contributed by atoms with E-state index in [1.165, 1.54) is 6.07 Å². The molecule has 6 nitrogen and oxygen atoms in total. The monoisotopic (exact) mass is 369 g/mol. The SMILES string of the molecule is Cc1nnc(CN2CCC(COc3ccnc(C(F)(F)F)c3)CC2)n1C. The molecule has 3 heterocycles. The average Bonchev–Trinajstić information content (AvgIpc) is 2.93. The van der Waals surface area contributed by atoms with Crippen LogP contribution < -0.4 is 4.74 Å². The van der Waals surface area contributed by atoms with Crippen molar-refractivity contribution in [3.05, 3.63) is 35.7 Å². The van der Waals surface area contributed by atoms with Gasteiger partial charge in [-0.3, -0.25) is 9.88 Å². The van der Waals surface area contributed by atoms with Crippen molar-refractivity contribution in [2.45, 2.75) is 32.5 Å². The van der Waals surface area contributed by atoms with Gasteiger partial charge in [0.2, 0.25) is 0 Å². The van der Waals surface area contributed by atoms with Crippen LogP contribution in [0.5, 0.6) is 5.75 Å². The maximum Gasteiger partial charge on any atom is 0.433 e. The molecule has 0 aliphatic carbocycles. The van der Waals surface area contributed by atoms with Crippen LogP contribution in [0, 0.1) is 12.8 Å². The van der Waals surface area contributed by atoms with E-state index in [-0.39, 0.29) is 5.75 Å². The van der Waals surface area contributed by atoms with Gasteiger partial charge < -0.3 is 9.30 Å². The van der Waals surface area contributed by atoms with Gasteiger partial charge in [-0.15, -0.1) is 10.2 Å². The Morgan fingerprint density at radius 2 is 1.96 bits per heavy atom. The molecule has 26 heavy (non-hydrogen) atoms. The third-order valence-corrected chi connectivity index (χ3v) is 4.76. The minimum atomic E-state index is -4.46. The molecular weight excluding hydrogens is 347 g/mol. The summed E-state index contributed by atoms with van der Waals surface area (Å²) in [6.07, 6.45) is -1.45. The lowest BCUT2D eigenvalue weighted by molar-refractivity contribution is -0.141. The number of piperidine rings is 1. The first-order chi connectivity index (χ1) is 12.3. The molecule has 0 N–H and O–H groups in total. The second-order valence-electron chi connectivity index (χ2n) is 6.63. The Kier molecular flexibility index (Phi) is 5.45. The zero-order valence-electron chi connectivity index (χ0n) is 14.8. The maximum atomic E-state index is 12.7. The molecule has 0 atom stereocenters. The molecule has 3 rings (SSSR count). The molecule has 1 fully saturated rings. The van der Waals surface area contributed by atoms with Gasteiger partial charge in [0.25, 0.3) is 0 Å². The third-order valence-electron chi connectivity index (χ3n) is 4.76. The van der Waals surface area contributed by atoms with Crippen LogP contribution in [-0.2, 0) is 19.8 Å². The zero-order chi connectivity index (χ0) is 18.7. The molecule has 0 unspecified atom stereocenters. The molecule has 142 valence electrons. The van der Waals surface area contributed by atoms with Gasteiger partial charge in [-0.2, -0.15) is 13.2 Å². The molecule has 0 bridgehead atoms. The van der Waals surface area contributed by atoms with Gasteiger partial charge in [0.1, 0.15) is 23.1 Å². The van der Waals surface area contributed by atoms with Gasteiger partial charge in [-0.1, -0.05) is 0 Å². The number of halogens is 3. The quantitative estimate of drug-likeness (QED) is 0.811. The van der Waals surface area contributed by atoms with E-state index in [2.05, 4.69) is 20.1 Å². The number of pyridine rings is 1. The Morgan fingerprint density at radius 3 is 2.58 bits per heavy atom. The predicted octanol–water partition coefficient (Wildman–Crippen LogP) is 2.83. The van der Waals surface area contributed by atoms with Crippen LogP contribution in [0.4, 0.5) is 13.2 Å². The van der Waals surface area contributed by atoms with Gasteiger partial charge in [0.05, 0.1) is 13.2 Å². The summed E-state index contributed by atoms with van der Waals surface area (Å²) in [5.41, 5.74) is -0.927. The fraction of sp³-hybridized carbons (Fsp3) is 0.588. The van der Waals surface area contributed by atoms with Crippen LogP contribution in [-0.4, -0.2) is 44.3 Å². The molecule has 0 radical (unpaired) electrons. The molecule has 0 amide bonds. The van der Waals surface area contributed by atoms with E-state index in [0.29, 0.717) is 12.5 Å². The van der Waals surface area contributed by atoms with Crippen molar-refractivity contribution in [1.82, 2.24) is 24.6 Å². The van der Waals surface area contributed by atoms with Crippen LogP contribution in [0.3, 0.4) is 0 Å². The first-order valence-corrected chi connectivity index (χ1v) is 8.56. The Morgan fingerprint density at radius 1 is 1.23 bits per heavy atom. The number of rotatable bonds is 5. The number of aryl methyl sites for hydroxylation is 1. The fourth-order valence-electron chi connectivity index (χ4n) is 2.97. The van der Waals surface area contributed by atoms with E-state index >= 15 is 0 Å². The zero-order valence-corrected chi connectivity index (χ0v) is 14.8. The number of alkyl halides is 3. The van der Waals surface area contributed by atoms with Crippen molar-refractivity contribution in [1.29, 1.82) is 0 Å². The Hall–Kier alpha value is -2.16. The number of aromatic nitrogens is 4. The van der Waals surface area contributed by atoms with Gasteiger partial charge in [-0.25, -0.2) is 0 Å². The predicted molar refractivity (Wildman–Crippen MR) is 88.5 cm³/mol. The lowest BCUT2D eigenvalue weighted by atomic mass is 9.98. The minimum absolute atomic E-state index is 0.212. The van der Waals surface area contributed by atoms with Crippen molar-refractivity contribution in [2.75, 3.05) is 19.7 Å². The molecule has 0 spiro atoms. The maximum absolute atomic E-state index is 12.7. The lowest BCUT2D eigenvalue weighted by Crippen LogP contribution is -2.35. The number of hydrogen-bond donors (Lipinski definition) is 0. The van der Waals surface area contributed by atoms with Gasteiger partial charge >= 0.3 is 6.18 Å². The molecule has 2 aromatic rings. The first kappa shape index (κ1) is 18.6. The molecule has 2 aromatic heterocycles. The number of ether oxygens (including phenoxy) is 1. The van der Waals surface area contributed by atoms with E-state index in [4.69, 9.17) is 4.74 Å². The van der Waals surface area contributed by atoms with E-state index in [1.54, 1.807) is 0 Å². The Labute approximate surface area is 150 Å². The second kappa shape index (κ2) is 7.61. The number of hydrogen-bond acceptors (Lipinski definition) is 5. The average molecular weight is 369 g/mol. The summed E-state index contributed by atoms with van der Waals surface area (Å²) in [6.45, 7) is 4.90.